The van der Waals surface area contributed by atoms with Crippen LogP contribution in [0.1, 0.15) is 5.56 Å². The maximum Gasteiger partial charge on any atom is 0.116 e. The quantitative estimate of drug-likeness (QED) is 0.833. The third-order valence-electron chi connectivity index (χ3n) is 2.37. The number of para-hydroxylation sites is 1. The molecule has 82 valence electrons. The van der Waals surface area contributed by atoms with E-state index < -0.39 is 6.17 Å². The molecule has 0 radical (unpaired) electrons. The molecule has 0 bridgehead atoms. The molecule has 1 aromatic heterocycles. The molecule has 2 rings (SSSR count). The fourth-order valence-corrected chi connectivity index (χ4v) is 1.62. The van der Waals surface area contributed by atoms with Crippen LogP contribution in [0.2, 0.25) is 0 Å². The molecule has 2 aromatic rings. The van der Waals surface area contributed by atoms with Gasteiger partial charge < -0.3 is 10.7 Å². The minimum atomic E-state index is -0.950. The summed E-state index contributed by atoms with van der Waals surface area (Å²) in [6, 6.07) is 7.88. The molecule has 2 nitrogen and oxygen atoms in total. The number of nitrogens with one attached hydrogen (secondary N) is 1. The van der Waals surface area contributed by atoms with Gasteiger partial charge in [0.1, 0.15) is 6.17 Å². The van der Waals surface area contributed by atoms with Gasteiger partial charge in [-0.05, 0) is 11.6 Å². The van der Waals surface area contributed by atoms with Gasteiger partial charge in [-0.2, -0.15) is 0 Å². The van der Waals surface area contributed by atoms with Crippen molar-refractivity contribution in [3.05, 3.63) is 36.0 Å². The lowest BCUT2D eigenvalue weighted by Crippen LogP contribution is -2.17. The molecule has 3 N–H and O–H groups in total. The van der Waals surface area contributed by atoms with Gasteiger partial charge in [0.2, 0.25) is 0 Å². The number of halogens is 2. The van der Waals surface area contributed by atoms with Gasteiger partial charge in [0.25, 0.3) is 0 Å². The Bertz CT molecular complexity index is 427. The number of aromatic amines is 1. The van der Waals surface area contributed by atoms with Crippen molar-refractivity contribution < 1.29 is 4.39 Å². The van der Waals surface area contributed by atoms with Crippen molar-refractivity contribution in [2.45, 2.75) is 12.6 Å². The summed E-state index contributed by atoms with van der Waals surface area (Å²) in [4.78, 5) is 3.11. The van der Waals surface area contributed by atoms with Crippen molar-refractivity contribution in [3.63, 3.8) is 0 Å². The number of hydrogen-bond donors (Lipinski definition) is 2. The van der Waals surface area contributed by atoms with E-state index in [0.717, 1.165) is 16.5 Å². The third-order valence-corrected chi connectivity index (χ3v) is 2.37. The topological polar surface area (TPSA) is 41.8 Å². The Kier molecular flexibility index (Phi) is 4.12. The van der Waals surface area contributed by atoms with Gasteiger partial charge in [0.15, 0.2) is 0 Å². The molecule has 0 aliphatic carbocycles. The molecule has 0 fully saturated rings. The molecule has 0 aliphatic heterocycles. The van der Waals surface area contributed by atoms with E-state index in [1.54, 1.807) is 0 Å². The fraction of sp³-hybridized carbons (Fsp3) is 0.273. The van der Waals surface area contributed by atoms with Crippen molar-refractivity contribution in [3.8, 4) is 0 Å². The van der Waals surface area contributed by atoms with Gasteiger partial charge in [-0.1, -0.05) is 18.2 Å². The van der Waals surface area contributed by atoms with E-state index in [2.05, 4.69) is 4.98 Å². The zero-order valence-corrected chi connectivity index (χ0v) is 9.06. The average molecular weight is 229 g/mol. The predicted octanol–water partition coefficient (Wildman–Crippen LogP) is 2.43. The van der Waals surface area contributed by atoms with Crippen molar-refractivity contribution in [2.24, 2.45) is 5.73 Å². The van der Waals surface area contributed by atoms with Crippen molar-refractivity contribution >= 4 is 23.3 Å². The first kappa shape index (κ1) is 12.0. The predicted molar refractivity (Wildman–Crippen MR) is 63.2 cm³/mol. The van der Waals surface area contributed by atoms with Gasteiger partial charge in [0, 0.05) is 30.1 Å². The summed E-state index contributed by atoms with van der Waals surface area (Å²) in [5.74, 6) is 0. The SMILES string of the molecule is Cl.NCC(F)Cc1c[nH]c2ccccc12. The van der Waals surface area contributed by atoms with E-state index in [1.807, 2.05) is 30.5 Å². The molecule has 1 heterocycles. The number of nitrogens with two attached hydrogens (primary N) is 1. The average Bonchev–Trinajstić information content (AvgIpc) is 2.62. The molecule has 0 saturated heterocycles. The normalized spacial score (nSPS) is 12.4. The van der Waals surface area contributed by atoms with Crippen LogP contribution in [0.15, 0.2) is 30.5 Å². The van der Waals surface area contributed by atoms with Crippen LogP contribution in [0.25, 0.3) is 10.9 Å². The molecule has 0 spiro atoms. The number of aromatic nitrogens is 1. The van der Waals surface area contributed by atoms with Crippen LogP contribution in [-0.2, 0) is 6.42 Å². The Morgan fingerprint density at radius 1 is 1.33 bits per heavy atom. The van der Waals surface area contributed by atoms with Gasteiger partial charge in [-0.25, -0.2) is 4.39 Å². The first-order valence-corrected chi connectivity index (χ1v) is 4.70. The molecule has 1 atom stereocenters. The minimum Gasteiger partial charge on any atom is -0.361 e. The molecule has 1 unspecified atom stereocenters. The lowest BCUT2D eigenvalue weighted by atomic mass is 10.1. The third kappa shape index (κ3) is 2.49. The molecule has 0 amide bonds. The first-order chi connectivity index (χ1) is 6.81. The van der Waals surface area contributed by atoms with Crippen LogP contribution in [0, 0.1) is 0 Å². The standard InChI is InChI=1S/C11H13FN2.ClH/c12-9(6-13)5-8-7-14-11-4-2-1-3-10(8)11;/h1-4,7,9,14H,5-6,13H2;1H. The van der Waals surface area contributed by atoms with E-state index in [-0.39, 0.29) is 19.0 Å². The number of hydrogen-bond acceptors (Lipinski definition) is 1. The highest BCUT2D eigenvalue weighted by Crippen LogP contribution is 2.19. The second-order valence-corrected chi connectivity index (χ2v) is 3.40. The summed E-state index contributed by atoms with van der Waals surface area (Å²) in [5.41, 5.74) is 7.29. The number of alkyl halides is 1. The number of H-pyrrole nitrogens is 1. The van der Waals surface area contributed by atoms with Crippen molar-refractivity contribution in [2.75, 3.05) is 6.54 Å². The van der Waals surface area contributed by atoms with E-state index >= 15 is 0 Å². The zero-order valence-electron chi connectivity index (χ0n) is 8.24. The fourth-order valence-electron chi connectivity index (χ4n) is 1.62. The Hall–Kier alpha value is -1.06. The Morgan fingerprint density at radius 3 is 2.80 bits per heavy atom. The zero-order chi connectivity index (χ0) is 9.97. The van der Waals surface area contributed by atoms with Crippen LogP contribution in [-0.4, -0.2) is 17.7 Å². The lowest BCUT2D eigenvalue weighted by Gasteiger charge is -2.02. The highest BCUT2D eigenvalue weighted by molar-refractivity contribution is 5.85. The summed E-state index contributed by atoms with van der Waals surface area (Å²) in [6.45, 7) is 0.0828. The Balaban J connectivity index is 0.00000112. The van der Waals surface area contributed by atoms with Gasteiger partial charge in [0.05, 0.1) is 0 Å². The molecule has 4 heteroatoms. The minimum absolute atomic E-state index is 0. The maximum atomic E-state index is 13.1. The van der Waals surface area contributed by atoms with E-state index in [0.29, 0.717) is 6.42 Å². The maximum absolute atomic E-state index is 13.1. The van der Waals surface area contributed by atoms with Gasteiger partial charge in [-0.3, -0.25) is 0 Å². The number of rotatable bonds is 3. The summed E-state index contributed by atoms with van der Waals surface area (Å²) in [6.07, 6.45) is 1.29. The smallest absolute Gasteiger partial charge is 0.116 e. The van der Waals surface area contributed by atoms with Gasteiger partial charge in [-0.15, -0.1) is 12.4 Å². The van der Waals surface area contributed by atoms with Crippen molar-refractivity contribution in [1.82, 2.24) is 4.98 Å². The number of benzene rings is 1. The largest absolute Gasteiger partial charge is 0.361 e. The van der Waals surface area contributed by atoms with Crippen LogP contribution in [0.4, 0.5) is 4.39 Å². The molecular weight excluding hydrogens is 215 g/mol. The molecule has 0 aliphatic rings. The molecule has 1 aromatic carbocycles. The van der Waals surface area contributed by atoms with Crippen LogP contribution < -0.4 is 5.73 Å². The Labute approximate surface area is 94.1 Å². The van der Waals surface area contributed by atoms with E-state index in [9.17, 15) is 4.39 Å². The highest BCUT2D eigenvalue weighted by atomic mass is 35.5. The first-order valence-electron chi connectivity index (χ1n) is 4.70. The van der Waals surface area contributed by atoms with Crippen LogP contribution in [0.5, 0.6) is 0 Å². The molecule has 15 heavy (non-hydrogen) atoms. The summed E-state index contributed by atoms with van der Waals surface area (Å²) in [7, 11) is 0. The van der Waals surface area contributed by atoms with Crippen LogP contribution >= 0.6 is 12.4 Å². The second-order valence-electron chi connectivity index (χ2n) is 3.40. The molecule has 0 saturated carbocycles. The highest BCUT2D eigenvalue weighted by Gasteiger charge is 2.08. The summed E-state index contributed by atoms with van der Waals surface area (Å²) >= 11 is 0. The monoisotopic (exact) mass is 228 g/mol. The lowest BCUT2D eigenvalue weighted by molar-refractivity contribution is 0.341. The van der Waals surface area contributed by atoms with Gasteiger partial charge >= 0.3 is 0 Å². The van der Waals surface area contributed by atoms with E-state index in [1.165, 1.54) is 0 Å². The second kappa shape index (κ2) is 5.14. The van der Waals surface area contributed by atoms with Crippen molar-refractivity contribution in [1.29, 1.82) is 0 Å². The summed E-state index contributed by atoms with van der Waals surface area (Å²) < 4.78 is 13.1. The summed E-state index contributed by atoms with van der Waals surface area (Å²) in [5, 5.41) is 1.09. The molecular formula is C11H14ClFN2. The van der Waals surface area contributed by atoms with Crippen LogP contribution in [0.3, 0.4) is 0 Å². The van der Waals surface area contributed by atoms with E-state index in [4.69, 9.17) is 5.73 Å². The number of fused-ring (bicyclic) bond motifs is 1. The Morgan fingerprint density at radius 2 is 2.07 bits per heavy atom.